The van der Waals surface area contributed by atoms with E-state index < -0.39 is 9.84 Å². The van der Waals surface area contributed by atoms with Crippen LogP contribution >= 0.6 is 0 Å². The Morgan fingerprint density at radius 3 is 2.86 bits per heavy atom. The lowest BCUT2D eigenvalue weighted by Gasteiger charge is -2.33. The van der Waals surface area contributed by atoms with E-state index in [1.165, 1.54) is 23.8 Å². The van der Waals surface area contributed by atoms with Gasteiger partial charge in [0.1, 0.15) is 9.84 Å². The van der Waals surface area contributed by atoms with E-state index in [1.807, 2.05) is 0 Å². The summed E-state index contributed by atoms with van der Waals surface area (Å²) in [4.78, 5) is 0. The zero-order chi connectivity index (χ0) is 14.9. The SMILES string of the molecule is CS(=O)(=O)C1CCCC(CC2CNCc3ccccc32)C1. The molecule has 1 heterocycles. The van der Waals surface area contributed by atoms with E-state index >= 15 is 0 Å². The highest BCUT2D eigenvalue weighted by atomic mass is 32.2. The van der Waals surface area contributed by atoms with Crippen LogP contribution in [0.15, 0.2) is 24.3 Å². The molecule has 1 N–H and O–H groups in total. The Balaban J connectivity index is 1.70. The van der Waals surface area contributed by atoms with Crippen molar-refractivity contribution in [3.8, 4) is 0 Å². The van der Waals surface area contributed by atoms with Gasteiger partial charge in [0.2, 0.25) is 0 Å². The number of hydrogen-bond donors (Lipinski definition) is 1. The van der Waals surface area contributed by atoms with Gasteiger partial charge < -0.3 is 5.32 Å². The lowest BCUT2D eigenvalue weighted by Crippen LogP contribution is -2.32. The normalized spacial score (nSPS) is 29.9. The summed E-state index contributed by atoms with van der Waals surface area (Å²) in [5.41, 5.74) is 2.88. The lowest BCUT2D eigenvalue weighted by molar-refractivity contribution is 0.309. The van der Waals surface area contributed by atoms with Crippen LogP contribution in [0.4, 0.5) is 0 Å². The van der Waals surface area contributed by atoms with Gasteiger partial charge in [0.15, 0.2) is 0 Å². The number of nitrogens with one attached hydrogen (secondary N) is 1. The van der Waals surface area contributed by atoms with Crippen molar-refractivity contribution < 1.29 is 8.42 Å². The molecule has 0 radical (unpaired) electrons. The summed E-state index contributed by atoms with van der Waals surface area (Å²) in [5, 5.41) is 3.40. The van der Waals surface area contributed by atoms with Crippen LogP contribution in [0.3, 0.4) is 0 Å². The predicted octanol–water partition coefficient (Wildman–Crippen LogP) is 2.87. The van der Waals surface area contributed by atoms with Gasteiger partial charge in [-0.15, -0.1) is 0 Å². The van der Waals surface area contributed by atoms with Gasteiger partial charge in [-0.2, -0.15) is 0 Å². The number of fused-ring (bicyclic) bond motifs is 1. The van der Waals surface area contributed by atoms with Gasteiger partial charge in [0, 0.05) is 19.3 Å². The number of sulfone groups is 1. The molecule has 1 aliphatic heterocycles. The molecule has 4 heteroatoms. The van der Waals surface area contributed by atoms with E-state index in [1.54, 1.807) is 0 Å². The minimum atomic E-state index is -2.88. The average molecular weight is 307 g/mol. The van der Waals surface area contributed by atoms with Crippen molar-refractivity contribution >= 4 is 9.84 Å². The molecule has 2 aliphatic rings. The quantitative estimate of drug-likeness (QED) is 0.934. The molecule has 0 saturated heterocycles. The zero-order valence-electron chi connectivity index (χ0n) is 12.7. The summed E-state index contributed by atoms with van der Waals surface area (Å²) in [6, 6.07) is 8.67. The minimum Gasteiger partial charge on any atom is -0.312 e. The van der Waals surface area contributed by atoms with E-state index in [2.05, 4.69) is 29.6 Å². The van der Waals surface area contributed by atoms with E-state index in [9.17, 15) is 8.42 Å². The molecule has 0 aromatic heterocycles. The van der Waals surface area contributed by atoms with Gasteiger partial charge in [0.05, 0.1) is 5.25 Å². The first kappa shape index (κ1) is 15.0. The van der Waals surface area contributed by atoms with E-state index in [0.717, 1.165) is 38.8 Å². The molecule has 1 aromatic carbocycles. The second-order valence-electron chi connectivity index (χ2n) is 6.75. The van der Waals surface area contributed by atoms with Crippen molar-refractivity contribution in [2.45, 2.75) is 49.8 Å². The Labute approximate surface area is 128 Å². The van der Waals surface area contributed by atoms with Crippen LogP contribution in [-0.2, 0) is 16.4 Å². The van der Waals surface area contributed by atoms with Crippen molar-refractivity contribution in [2.24, 2.45) is 5.92 Å². The largest absolute Gasteiger partial charge is 0.312 e. The second kappa shape index (κ2) is 6.09. The van der Waals surface area contributed by atoms with Crippen LogP contribution in [0, 0.1) is 5.92 Å². The van der Waals surface area contributed by atoms with Crippen molar-refractivity contribution in [1.82, 2.24) is 5.32 Å². The Morgan fingerprint density at radius 1 is 1.24 bits per heavy atom. The first-order valence-electron chi connectivity index (χ1n) is 8.01. The summed E-state index contributed by atoms with van der Waals surface area (Å²) in [5.74, 6) is 1.09. The van der Waals surface area contributed by atoms with Gasteiger partial charge >= 0.3 is 0 Å². The molecule has 1 aliphatic carbocycles. The van der Waals surface area contributed by atoms with Crippen molar-refractivity contribution in [1.29, 1.82) is 0 Å². The first-order valence-corrected chi connectivity index (χ1v) is 9.97. The fourth-order valence-corrected chi connectivity index (χ4v) is 5.26. The molecule has 3 unspecified atom stereocenters. The van der Waals surface area contributed by atoms with E-state index in [-0.39, 0.29) is 5.25 Å². The Bertz CT molecular complexity index is 597. The molecule has 0 amide bonds. The minimum absolute atomic E-state index is 0.108. The van der Waals surface area contributed by atoms with Crippen LogP contribution in [-0.4, -0.2) is 26.5 Å². The van der Waals surface area contributed by atoms with Crippen molar-refractivity contribution in [3.63, 3.8) is 0 Å². The molecule has 1 fully saturated rings. The standard InChI is InChI=1S/C17H25NO2S/c1-21(19,20)16-7-4-5-13(10-16)9-15-12-18-11-14-6-2-3-8-17(14)15/h2-3,6,8,13,15-16,18H,4-5,7,9-12H2,1H3. The van der Waals surface area contributed by atoms with Gasteiger partial charge in [-0.05, 0) is 42.2 Å². The van der Waals surface area contributed by atoms with Crippen LogP contribution < -0.4 is 5.32 Å². The molecule has 3 atom stereocenters. The predicted molar refractivity (Wildman–Crippen MR) is 86.1 cm³/mol. The molecule has 21 heavy (non-hydrogen) atoms. The van der Waals surface area contributed by atoms with Gasteiger partial charge in [-0.3, -0.25) is 0 Å². The fraction of sp³-hybridized carbons (Fsp3) is 0.647. The highest BCUT2D eigenvalue weighted by Crippen LogP contribution is 2.37. The first-order chi connectivity index (χ1) is 10.0. The number of rotatable bonds is 3. The van der Waals surface area contributed by atoms with Crippen molar-refractivity contribution in [3.05, 3.63) is 35.4 Å². The summed E-state index contributed by atoms with van der Waals surface area (Å²) in [7, 11) is -2.88. The molecule has 1 saturated carbocycles. The molecule has 3 rings (SSSR count). The Kier molecular flexibility index (Phi) is 4.36. The summed E-state index contributed by atoms with van der Waals surface area (Å²) >= 11 is 0. The fourth-order valence-electron chi connectivity index (χ4n) is 4.04. The third-order valence-electron chi connectivity index (χ3n) is 5.16. The van der Waals surface area contributed by atoms with Crippen molar-refractivity contribution in [2.75, 3.05) is 12.8 Å². The van der Waals surface area contributed by atoms with Crippen LogP contribution in [0.2, 0.25) is 0 Å². The molecule has 116 valence electrons. The topological polar surface area (TPSA) is 46.2 Å². The molecule has 3 nitrogen and oxygen atoms in total. The summed E-state index contributed by atoms with van der Waals surface area (Å²) in [6.07, 6.45) is 6.48. The molecular formula is C17H25NO2S. The van der Waals surface area contributed by atoms with Crippen LogP contribution in [0.5, 0.6) is 0 Å². The van der Waals surface area contributed by atoms with Crippen LogP contribution in [0.1, 0.15) is 49.1 Å². The van der Waals surface area contributed by atoms with Gasteiger partial charge in [-0.25, -0.2) is 8.42 Å². The van der Waals surface area contributed by atoms with E-state index in [4.69, 9.17) is 0 Å². The third kappa shape index (κ3) is 3.49. The number of benzene rings is 1. The molecule has 0 spiro atoms. The Hall–Kier alpha value is -0.870. The highest BCUT2D eigenvalue weighted by molar-refractivity contribution is 7.91. The molecule has 1 aromatic rings. The maximum absolute atomic E-state index is 11.8. The highest BCUT2D eigenvalue weighted by Gasteiger charge is 2.31. The van der Waals surface area contributed by atoms with Crippen LogP contribution in [0.25, 0.3) is 0 Å². The smallest absolute Gasteiger partial charge is 0.150 e. The Morgan fingerprint density at radius 2 is 2.05 bits per heavy atom. The lowest BCUT2D eigenvalue weighted by atomic mass is 9.78. The third-order valence-corrected chi connectivity index (χ3v) is 6.80. The molecular weight excluding hydrogens is 282 g/mol. The maximum atomic E-state index is 11.8. The maximum Gasteiger partial charge on any atom is 0.150 e. The van der Waals surface area contributed by atoms with Gasteiger partial charge in [0.25, 0.3) is 0 Å². The van der Waals surface area contributed by atoms with Gasteiger partial charge in [-0.1, -0.05) is 37.1 Å². The summed E-state index contributed by atoms with van der Waals surface area (Å²) < 4.78 is 23.6. The van der Waals surface area contributed by atoms with E-state index in [0.29, 0.717) is 11.8 Å². The summed E-state index contributed by atoms with van der Waals surface area (Å²) in [6.45, 7) is 1.99. The zero-order valence-corrected chi connectivity index (χ0v) is 13.5. The average Bonchev–Trinajstić information content (AvgIpc) is 2.47. The number of hydrogen-bond acceptors (Lipinski definition) is 3. The molecule has 0 bridgehead atoms. The monoisotopic (exact) mass is 307 g/mol. The second-order valence-corrected chi connectivity index (χ2v) is 9.07.